The van der Waals surface area contributed by atoms with Crippen LogP contribution in [0.1, 0.15) is 51.0 Å². The van der Waals surface area contributed by atoms with E-state index in [0.717, 1.165) is 37.7 Å². The van der Waals surface area contributed by atoms with Crippen LogP contribution in [-0.4, -0.2) is 28.8 Å². The Labute approximate surface area is 143 Å². The Kier molecular flexibility index (Phi) is 6.36. The number of hydrogen-bond acceptors (Lipinski definition) is 3. The van der Waals surface area contributed by atoms with Crippen molar-refractivity contribution < 1.29 is 9.59 Å². The number of hydrogen-bond donors (Lipinski definition) is 1. The van der Waals surface area contributed by atoms with E-state index in [1.54, 1.807) is 4.90 Å². The molecule has 0 radical (unpaired) electrons. The first-order valence-corrected chi connectivity index (χ1v) is 8.56. The molecule has 1 aliphatic rings. The summed E-state index contributed by atoms with van der Waals surface area (Å²) >= 11 is 0. The second-order valence-electron chi connectivity index (χ2n) is 6.48. The highest BCUT2D eigenvalue weighted by molar-refractivity contribution is 5.79. The fraction of sp³-hybridized carbons (Fsp3) is 0.526. The summed E-state index contributed by atoms with van der Waals surface area (Å²) in [6.07, 6.45) is 4.72. The zero-order chi connectivity index (χ0) is 17.4. The van der Waals surface area contributed by atoms with Crippen molar-refractivity contribution in [2.45, 2.75) is 57.5 Å². The Bertz CT molecular complexity index is 601. The van der Waals surface area contributed by atoms with Crippen LogP contribution < -0.4 is 5.32 Å². The SMILES string of the molecule is CC(=O)N(CCC(=O)NC1(C#N)CCCCC1)Cc1ccccc1. The topological polar surface area (TPSA) is 73.2 Å². The van der Waals surface area contributed by atoms with Crippen LogP contribution in [0.5, 0.6) is 0 Å². The molecule has 24 heavy (non-hydrogen) atoms. The predicted octanol–water partition coefficient (Wildman–Crippen LogP) is 2.77. The van der Waals surface area contributed by atoms with Gasteiger partial charge in [-0.25, -0.2) is 0 Å². The minimum atomic E-state index is -0.712. The number of carbonyl (C=O) groups excluding carboxylic acids is 2. The Morgan fingerprint density at radius 1 is 1.21 bits per heavy atom. The fourth-order valence-corrected chi connectivity index (χ4v) is 3.14. The Hall–Kier alpha value is -2.35. The van der Waals surface area contributed by atoms with Crippen LogP contribution in [0.15, 0.2) is 30.3 Å². The van der Waals surface area contributed by atoms with Crippen LogP contribution in [0, 0.1) is 11.3 Å². The van der Waals surface area contributed by atoms with Crippen molar-refractivity contribution >= 4 is 11.8 Å². The molecule has 5 heteroatoms. The van der Waals surface area contributed by atoms with Gasteiger partial charge in [0.05, 0.1) is 6.07 Å². The van der Waals surface area contributed by atoms with Crippen molar-refractivity contribution in [1.29, 1.82) is 5.26 Å². The zero-order valence-electron chi connectivity index (χ0n) is 14.3. The number of nitrogens with one attached hydrogen (secondary N) is 1. The van der Waals surface area contributed by atoms with Crippen molar-refractivity contribution in [3.8, 4) is 6.07 Å². The highest BCUT2D eigenvalue weighted by atomic mass is 16.2. The van der Waals surface area contributed by atoms with Gasteiger partial charge in [-0.05, 0) is 18.4 Å². The van der Waals surface area contributed by atoms with Gasteiger partial charge in [-0.2, -0.15) is 5.26 Å². The van der Waals surface area contributed by atoms with E-state index in [0.29, 0.717) is 13.1 Å². The molecule has 0 aliphatic heterocycles. The van der Waals surface area contributed by atoms with Crippen molar-refractivity contribution in [3.05, 3.63) is 35.9 Å². The number of benzene rings is 1. The summed E-state index contributed by atoms with van der Waals surface area (Å²) in [5, 5.41) is 12.3. The maximum Gasteiger partial charge on any atom is 0.223 e. The van der Waals surface area contributed by atoms with Crippen LogP contribution in [0.2, 0.25) is 0 Å². The molecule has 1 fully saturated rings. The molecule has 0 atom stereocenters. The van der Waals surface area contributed by atoms with Crippen LogP contribution in [0.3, 0.4) is 0 Å². The number of amides is 2. The lowest BCUT2D eigenvalue weighted by Crippen LogP contribution is -2.49. The third-order valence-corrected chi connectivity index (χ3v) is 4.57. The summed E-state index contributed by atoms with van der Waals surface area (Å²) in [5.74, 6) is -0.211. The maximum atomic E-state index is 12.3. The molecule has 0 heterocycles. The minimum absolute atomic E-state index is 0.0562. The maximum absolute atomic E-state index is 12.3. The van der Waals surface area contributed by atoms with Crippen LogP contribution in [0.25, 0.3) is 0 Å². The first-order valence-electron chi connectivity index (χ1n) is 8.56. The molecule has 1 aromatic rings. The molecule has 5 nitrogen and oxygen atoms in total. The van der Waals surface area contributed by atoms with Crippen LogP contribution in [-0.2, 0) is 16.1 Å². The second-order valence-corrected chi connectivity index (χ2v) is 6.48. The fourth-order valence-electron chi connectivity index (χ4n) is 3.14. The Morgan fingerprint density at radius 2 is 1.88 bits per heavy atom. The van der Waals surface area contributed by atoms with E-state index in [9.17, 15) is 14.9 Å². The van der Waals surface area contributed by atoms with E-state index in [4.69, 9.17) is 0 Å². The Balaban J connectivity index is 1.88. The van der Waals surface area contributed by atoms with E-state index in [2.05, 4.69) is 11.4 Å². The smallest absolute Gasteiger partial charge is 0.223 e. The van der Waals surface area contributed by atoms with Gasteiger partial charge in [0.1, 0.15) is 5.54 Å². The molecule has 2 rings (SSSR count). The van der Waals surface area contributed by atoms with Crippen molar-refractivity contribution in [2.24, 2.45) is 0 Å². The van der Waals surface area contributed by atoms with E-state index in [1.807, 2.05) is 30.3 Å². The van der Waals surface area contributed by atoms with E-state index < -0.39 is 5.54 Å². The van der Waals surface area contributed by atoms with Crippen molar-refractivity contribution in [2.75, 3.05) is 6.54 Å². The first kappa shape index (κ1) is 18.0. The van der Waals surface area contributed by atoms with Gasteiger partial charge in [-0.3, -0.25) is 9.59 Å². The van der Waals surface area contributed by atoms with Gasteiger partial charge in [-0.15, -0.1) is 0 Å². The highest BCUT2D eigenvalue weighted by Crippen LogP contribution is 2.27. The summed E-state index contributed by atoms with van der Waals surface area (Å²) in [4.78, 5) is 25.7. The monoisotopic (exact) mass is 327 g/mol. The molecular formula is C19H25N3O2. The van der Waals surface area contributed by atoms with Gasteiger partial charge in [0.25, 0.3) is 0 Å². The zero-order valence-corrected chi connectivity index (χ0v) is 14.3. The van der Waals surface area contributed by atoms with Crippen LogP contribution in [0.4, 0.5) is 0 Å². The highest BCUT2D eigenvalue weighted by Gasteiger charge is 2.33. The molecule has 1 saturated carbocycles. The molecule has 0 saturated heterocycles. The molecule has 1 aromatic carbocycles. The van der Waals surface area contributed by atoms with Crippen molar-refractivity contribution in [3.63, 3.8) is 0 Å². The van der Waals surface area contributed by atoms with Crippen LogP contribution >= 0.6 is 0 Å². The summed E-state index contributed by atoms with van der Waals surface area (Å²) in [7, 11) is 0. The summed E-state index contributed by atoms with van der Waals surface area (Å²) < 4.78 is 0. The largest absolute Gasteiger partial charge is 0.338 e. The number of rotatable bonds is 6. The lowest BCUT2D eigenvalue weighted by molar-refractivity contribution is -0.130. The van der Waals surface area contributed by atoms with Crippen molar-refractivity contribution in [1.82, 2.24) is 10.2 Å². The molecule has 0 unspecified atom stereocenters. The number of nitrogens with zero attached hydrogens (tertiary/aromatic N) is 2. The standard InChI is InChI=1S/C19H25N3O2/c1-16(23)22(14-17-8-4-2-5-9-17)13-10-18(24)21-19(15-20)11-6-3-7-12-19/h2,4-5,8-9H,3,6-7,10-14H2,1H3,(H,21,24). The molecule has 1 N–H and O–H groups in total. The molecular weight excluding hydrogens is 302 g/mol. The quantitative estimate of drug-likeness (QED) is 0.873. The first-order chi connectivity index (χ1) is 11.5. The number of nitriles is 1. The van der Waals surface area contributed by atoms with E-state index in [1.165, 1.54) is 6.92 Å². The number of carbonyl (C=O) groups is 2. The average molecular weight is 327 g/mol. The summed E-state index contributed by atoms with van der Waals surface area (Å²) in [5.41, 5.74) is 0.324. The molecule has 0 spiro atoms. The molecule has 2 amide bonds. The molecule has 128 valence electrons. The van der Waals surface area contributed by atoms with Gasteiger partial charge in [-0.1, -0.05) is 49.6 Å². The van der Waals surface area contributed by atoms with Gasteiger partial charge < -0.3 is 10.2 Å². The third-order valence-electron chi connectivity index (χ3n) is 4.57. The Morgan fingerprint density at radius 3 is 2.46 bits per heavy atom. The minimum Gasteiger partial charge on any atom is -0.338 e. The molecule has 0 aromatic heterocycles. The lowest BCUT2D eigenvalue weighted by Gasteiger charge is -2.32. The van der Waals surface area contributed by atoms with Gasteiger partial charge >= 0.3 is 0 Å². The summed E-state index contributed by atoms with van der Waals surface area (Å²) in [6, 6.07) is 12.0. The predicted molar refractivity (Wildman–Crippen MR) is 91.7 cm³/mol. The van der Waals surface area contributed by atoms with E-state index >= 15 is 0 Å². The average Bonchev–Trinajstić information content (AvgIpc) is 2.60. The lowest BCUT2D eigenvalue weighted by atomic mass is 9.83. The van der Waals surface area contributed by atoms with Gasteiger partial charge in [0, 0.05) is 26.4 Å². The third kappa shape index (κ3) is 5.09. The van der Waals surface area contributed by atoms with Gasteiger partial charge in [0.2, 0.25) is 11.8 Å². The summed E-state index contributed by atoms with van der Waals surface area (Å²) in [6.45, 7) is 2.36. The second kappa shape index (κ2) is 8.49. The molecule has 1 aliphatic carbocycles. The molecule has 0 bridgehead atoms. The normalized spacial score (nSPS) is 16.0. The van der Waals surface area contributed by atoms with Gasteiger partial charge in [0.15, 0.2) is 0 Å². The van der Waals surface area contributed by atoms with E-state index in [-0.39, 0.29) is 18.2 Å².